The molecule has 0 aromatic rings. The van der Waals surface area contributed by atoms with Crippen LogP contribution < -0.4 is 0 Å². The van der Waals surface area contributed by atoms with E-state index in [1.165, 1.54) is 0 Å². The SMILES string of the molecule is C#C[C@](C)(OC)C1(C#N)CC1. The summed E-state index contributed by atoms with van der Waals surface area (Å²) in [7, 11) is 1.55. The van der Waals surface area contributed by atoms with Crippen LogP contribution in [0.2, 0.25) is 0 Å². The second-order valence-corrected chi connectivity index (χ2v) is 3.08. The summed E-state index contributed by atoms with van der Waals surface area (Å²) in [5.74, 6) is 2.54. The summed E-state index contributed by atoms with van der Waals surface area (Å²) in [5.41, 5.74) is -1.10. The van der Waals surface area contributed by atoms with Crippen molar-refractivity contribution in [1.29, 1.82) is 5.26 Å². The highest BCUT2D eigenvalue weighted by Gasteiger charge is 2.57. The maximum absolute atomic E-state index is 8.83. The number of rotatable bonds is 2. The number of nitrogens with zero attached hydrogens (tertiary/aromatic N) is 1. The third kappa shape index (κ3) is 0.914. The standard InChI is InChI=1S/C9H11NO/c1-4-8(2,11-3)9(7-10)5-6-9/h1H,5-6H2,2-3H3/t8-/m0/s1. The molecule has 0 spiro atoms. The predicted molar refractivity (Wildman–Crippen MR) is 41.5 cm³/mol. The minimum Gasteiger partial charge on any atom is -0.364 e. The van der Waals surface area contributed by atoms with E-state index in [9.17, 15) is 0 Å². The average Bonchev–Trinajstić information content (AvgIpc) is 2.83. The van der Waals surface area contributed by atoms with Crippen molar-refractivity contribution in [2.24, 2.45) is 5.41 Å². The molecule has 2 nitrogen and oxygen atoms in total. The van der Waals surface area contributed by atoms with Gasteiger partial charge in [0.05, 0.1) is 11.5 Å². The molecule has 1 aliphatic rings. The molecule has 0 radical (unpaired) electrons. The lowest BCUT2D eigenvalue weighted by Gasteiger charge is -2.26. The molecular weight excluding hydrogens is 138 g/mol. The average molecular weight is 149 g/mol. The third-order valence-electron chi connectivity index (χ3n) is 2.56. The maximum Gasteiger partial charge on any atom is 0.143 e. The van der Waals surface area contributed by atoms with Gasteiger partial charge in [-0.25, -0.2) is 0 Å². The zero-order chi connectivity index (χ0) is 8.54. The molecule has 0 aromatic carbocycles. The lowest BCUT2D eigenvalue weighted by atomic mass is 9.88. The number of nitriles is 1. The summed E-state index contributed by atoms with van der Waals surface area (Å²) >= 11 is 0. The zero-order valence-corrected chi connectivity index (χ0v) is 6.85. The summed E-state index contributed by atoms with van der Waals surface area (Å²) in [6.07, 6.45) is 7.01. The molecule has 0 amide bonds. The molecule has 0 unspecified atom stereocenters. The first-order valence-electron chi connectivity index (χ1n) is 3.58. The Balaban J connectivity index is 2.90. The van der Waals surface area contributed by atoms with Crippen LogP contribution in [0, 0.1) is 29.1 Å². The van der Waals surface area contributed by atoms with Gasteiger partial charge in [0.25, 0.3) is 0 Å². The van der Waals surface area contributed by atoms with E-state index in [1.54, 1.807) is 14.0 Å². The van der Waals surface area contributed by atoms with Crippen LogP contribution >= 0.6 is 0 Å². The summed E-state index contributed by atoms with van der Waals surface area (Å²) in [6.45, 7) is 1.79. The molecule has 1 fully saturated rings. The Morgan fingerprint density at radius 1 is 1.64 bits per heavy atom. The fraction of sp³-hybridized carbons (Fsp3) is 0.667. The van der Waals surface area contributed by atoms with E-state index >= 15 is 0 Å². The minimum atomic E-state index is -0.693. The van der Waals surface area contributed by atoms with Crippen LogP contribution in [0.5, 0.6) is 0 Å². The fourth-order valence-corrected chi connectivity index (χ4v) is 1.21. The van der Waals surface area contributed by atoms with E-state index in [0.29, 0.717) is 0 Å². The molecule has 0 bridgehead atoms. The van der Waals surface area contributed by atoms with Gasteiger partial charge in [0.2, 0.25) is 0 Å². The Kier molecular flexibility index (Phi) is 1.66. The number of terminal acetylenes is 1. The van der Waals surface area contributed by atoms with E-state index in [4.69, 9.17) is 16.4 Å². The molecule has 0 aromatic heterocycles. The van der Waals surface area contributed by atoms with E-state index in [0.717, 1.165) is 12.8 Å². The molecule has 1 saturated carbocycles. The van der Waals surface area contributed by atoms with Crippen LogP contribution in [0.3, 0.4) is 0 Å². The van der Waals surface area contributed by atoms with Crippen LogP contribution in [-0.2, 0) is 4.74 Å². The molecule has 58 valence electrons. The quantitative estimate of drug-likeness (QED) is 0.555. The fourth-order valence-electron chi connectivity index (χ4n) is 1.21. The van der Waals surface area contributed by atoms with Gasteiger partial charge in [-0.15, -0.1) is 6.42 Å². The van der Waals surface area contributed by atoms with Crippen LogP contribution in [0.25, 0.3) is 0 Å². The van der Waals surface area contributed by atoms with Gasteiger partial charge in [-0.2, -0.15) is 5.26 Å². The molecule has 0 N–H and O–H groups in total. The summed E-state index contributed by atoms with van der Waals surface area (Å²) in [6, 6.07) is 2.23. The van der Waals surface area contributed by atoms with Gasteiger partial charge in [-0.1, -0.05) is 5.92 Å². The zero-order valence-electron chi connectivity index (χ0n) is 6.85. The predicted octanol–water partition coefficient (Wildman–Crippen LogP) is 1.33. The first-order chi connectivity index (χ1) is 5.14. The van der Waals surface area contributed by atoms with Crippen molar-refractivity contribution >= 4 is 0 Å². The second-order valence-electron chi connectivity index (χ2n) is 3.08. The molecule has 0 aliphatic heterocycles. The smallest absolute Gasteiger partial charge is 0.143 e. The molecule has 1 aliphatic carbocycles. The van der Waals surface area contributed by atoms with Crippen molar-refractivity contribution in [2.45, 2.75) is 25.4 Å². The van der Waals surface area contributed by atoms with Crippen LogP contribution in [-0.4, -0.2) is 12.7 Å². The van der Waals surface area contributed by atoms with E-state index in [1.807, 2.05) is 0 Å². The Morgan fingerprint density at radius 3 is 2.27 bits per heavy atom. The van der Waals surface area contributed by atoms with Crippen molar-refractivity contribution in [2.75, 3.05) is 7.11 Å². The largest absolute Gasteiger partial charge is 0.364 e. The molecule has 2 heteroatoms. The van der Waals surface area contributed by atoms with Gasteiger partial charge < -0.3 is 4.74 Å². The van der Waals surface area contributed by atoms with Gasteiger partial charge >= 0.3 is 0 Å². The van der Waals surface area contributed by atoms with Crippen molar-refractivity contribution in [3.05, 3.63) is 0 Å². The number of hydrogen-bond acceptors (Lipinski definition) is 2. The maximum atomic E-state index is 8.83. The Labute approximate surface area is 67.2 Å². The molecule has 1 atom stereocenters. The topological polar surface area (TPSA) is 33.0 Å². The molecule has 1 rings (SSSR count). The second kappa shape index (κ2) is 2.26. The van der Waals surface area contributed by atoms with Crippen molar-refractivity contribution < 1.29 is 4.74 Å². The lowest BCUT2D eigenvalue weighted by molar-refractivity contribution is 0.0148. The van der Waals surface area contributed by atoms with Gasteiger partial charge in [0, 0.05) is 7.11 Å². The Bertz CT molecular complexity index is 241. The Morgan fingerprint density at radius 2 is 2.18 bits per heavy atom. The molecule has 0 saturated heterocycles. The summed E-state index contributed by atoms with van der Waals surface area (Å²) in [4.78, 5) is 0. The molecular formula is C9H11NO. The number of methoxy groups -OCH3 is 1. The molecule has 11 heavy (non-hydrogen) atoms. The highest BCUT2D eigenvalue weighted by Crippen LogP contribution is 2.54. The van der Waals surface area contributed by atoms with E-state index in [-0.39, 0.29) is 0 Å². The number of ether oxygens (including phenoxy) is 1. The first kappa shape index (κ1) is 8.11. The van der Waals surface area contributed by atoms with Gasteiger partial charge in [0.1, 0.15) is 5.60 Å². The lowest BCUT2D eigenvalue weighted by Crippen LogP contribution is -2.35. The van der Waals surface area contributed by atoms with Crippen molar-refractivity contribution in [1.82, 2.24) is 0 Å². The van der Waals surface area contributed by atoms with Crippen molar-refractivity contribution in [3.63, 3.8) is 0 Å². The minimum absolute atomic E-state index is 0.406. The first-order valence-corrected chi connectivity index (χ1v) is 3.58. The normalized spacial score (nSPS) is 24.4. The van der Waals surface area contributed by atoms with Gasteiger partial charge in [0.15, 0.2) is 0 Å². The van der Waals surface area contributed by atoms with Crippen LogP contribution in [0.15, 0.2) is 0 Å². The highest BCUT2D eigenvalue weighted by atomic mass is 16.5. The van der Waals surface area contributed by atoms with Crippen LogP contribution in [0.4, 0.5) is 0 Å². The van der Waals surface area contributed by atoms with Gasteiger partial charge in [-0.05, 0) is 19.8 Å². The number of hydrogen-bond donors (Lipinski definition) is 0. The third-order valence-corrected chi connectivity index (χ3v) is 2.56. The molecule has 0 heterocycles. The van der Waals surface area contributed by atoms with Crippen molar-refractivity contribution in [3.8, 4) is 18.4 Å². The van der Waals surface area contributed by atoms with Gasteiger partial charge in [-0.3, -0.25) is 0 Å². The Hall–Kier alpha value is -0.990. The monoisotopic (exact) mass is 149 g/mol. The highest BCUT2D eigenvalue weighted by molar-refractivity contribution is 5.28. The van der Waals surface area contributed by atoms with E-state index < -0.39 is 11.0 Å². The van der Waals surface area contributed by atoms with Crippen LogP contribution in [0.1, 0.15) is 19.8 Å². The van der Waals surface area contributed by atoms with E-state index in [2.05, 4.69) is 12.0 Å². The summed E-state index contributed by atoms with van der Waals surface area (Å²) < 4.78 is 5.15. The summed E-state index contributed by atoms with van der Waals surface area (Å²) in [5, 5.41) is 8.83.